The molecule has 1 aliphatic heterocycles. The number of carboxylic acid groups (broad SMARTS) is 1. The molecule has 2 aliphatic rings. The molecule has 1 heterocycles. The molecule has 3 rings (SSSR count). The molecule has 0 unspecified atom stereocenters. The fraction of sp³-hybridized carbons (Fsp3) is 0.619. The van der Waals surface area contributed by atoms with Crippen LogP contribution >= 0.6 is 0 Å². The molecule has 136 valence electrons. The van der Waals surface area contributed by atoms with Crippen LogP contribution in [0.3, 0.4) is 0 Å². The van der Waals surface area contributed by atoms with Crippen LogP contribution in [0.15, 0.2) is 30.3 Å². The van der Waals surface area contributed by atoms with Gasteiger partial charge in [-0.2, -0.15) is 0 Å². The van der Waals surface area contributed by atoms with E-state index >= 15 is 0 Å². The summed E-state index contributed by atoms with van der Waals surface area (Å²) in [7, 11) is 0. The number of carboxylic acids is 1. The average molecular weight is 343 g/mol. The van der Waals surface area contributed by atoms with Crippen molar-refractivity contribution in [3.05, 3.63) is 35.9 Å². The molecule has 1 aromatic rings. The van der Waals surface area contributed by atoms with Gasteiger partial charge in [-0.1, -0.05) is 56.0 Å². The number of nitrogens with zero attached hydrogens (tertiary/aromatic N) is 1. The highest BCUT2D eigenvalue weighted by Crippen LogP contribution is 2.36. The molecule has 1 amide bonds. The summed E-state index contributed by atoms with van der Waals surface area (Å²) < 4.78 is 0. The lowest BCUT2D eigenvalue weighted by Gasteiger charge is -2.39. The van der Waals surface area contributed by atoms with Gasteiger partial charge in [0.15, 0.2) is 0 Å². The summed E-state index contributed by atoms with van der Waals surface area (Å²) in [6.07, 6.45) is 9.07. The number of carbonyl (C=O) groups is 2. The zero-order chi connectivity index (χ0) is 17.7. The third-order valence-corrected chi connectivity index (χ3v) is 6.14. The number of rotatable bonds is 4. The maximum atomic E-state index is 12.7. The van der Waals surface area contributed by atoms with E-state index < -0.39 is 11.4 Å². The minimum atomic E-state index is -0.847. The van der Waals surface area contributed by atoms with Crippen LogP contribution in [0.4, 0.5) is 0 Å². The van der Waals surface area contributed by atoms with Crippen molar-refractivity contribution >= 4 is 11.9 Å². The molecule has 0 radical (unpaired) electrons. The van der Waals surface area contributed by atoms with Gasteiger partial charge in [0.1, 0.15) is 0 Å². The lowest BCUT2D eigenvalue weighted by molar-refractivity contribution is -0.148. The van der Waals surface area contributed by atoms with Crippen molar-refractivity contribution in [2.45, 2.75) is 63.2 Å². The summed E-state index contributed by atoms with van der Waals surface area (Å²) in [6.45, 7) is 1.10. The van der Waals surface area contributed by atoms with Crippen molar-refractivity contribution in [2.24, 2.45) is 5.92 Å². The Bertz CT molecular complexity index is 582. The van der Waals surface area contributed by atoms with Crippen LogP contribution in [-0.4, -0.2) is 35.0 Å². The van der Waals surface area contributed by atoms with Gasteiger partial charge in [-0.25, -0.2) is 0 Å². The zero-order valence-electron chi connectivity index (χ0n) is 15.0. The summed E-state index contributed by atoms with van der Waals surface area (Å²) in [5, 5.41) is 9.86. The number of carbonyl (C=O) groups excluding carboxylic acids is 1. The normalized spacial score (nSPS) is 21.5. The predicted octanol–water partition coefficient (Wildman–Crippen LogP) is 3.99. The highest BCUT2D eigenvalue weighted by atomic mass is 16.4. The van der Waals surface area contributed by atoms with Crippen molar-refractivity contribution in [1.29, 1.82) is 0 Å². The Labute approximate surface area is 150 Å². The fourth-order valence-electron chi connectivity index (χ4n) is 4.47. The molecule has 0 spiro atoms. The average Bonchev–Trinajstić information content (AvgIpc) is 2.91. The lowest BCUT2D eigenvalue weighted by Crippen LogP contribution is -2.49. The van der Waals surface area contributed by atoms with Gasteiger partial charge in [-0.15, -0.1) is 0 Å². The monoisotopic (exact) mass is 343 g/mol. The molecule has 0 aromatic heterocycles. The Kier molecular flexibility index (Phi) is 5.77. The summed E-state index contributed by atoms with van der Waals surface area (Å²) in [6, 6.07) is 9.49. The third kappa shape index (κ3) is 4.05. The van der Waals surface area contributed by atoms with Gasteiger partial charge in [0.25, 0.3) is 0 Å². The largest absolute Gasteiger partial charge is 0.481 e. The maximum absolute atomic E-state index is 12.7. The van der Waals surface area contributed by atoms with E-state index in [0.717, 1.165) is 5.56 Å². The fourth-order valence-corrected chi connectivity index (χ4v) is 4.47. The van der Waals surface area contributed by atoms with Crippen molar-refractivity contribution in [3.8, 4) is 0 Å². The molecule has 0 atom stereocenters. The lowest BCUT2D eigenvalue weighted by atomic mass is 9.72. The van der Waals surface area contributed by atoms with Crippen molar-refractivity contribution in [1.82, 2.24) is 4.90 Å². The van der Waals surface area contributed by atoms with E-state index in [1.807, 2.05) is 35.2 Å². The second-order valence-electron chi connectivity index (χ2n) is 7.70. The standard InChI is InChI=1S/C21H29NO3/c23-19(16-17-8-4-1-2-5-9-17)22-14-12-21(13-15-22,20(24)25)18-10-6-3-7-11-18/h3,6-7,10-11,17H,1-2,4-5,8-9,12-16H2,(H,24,25). The number of benzene rings is 1. The Morgan fingerprint density at radius 1 is 1.00 bits per heavy atom. The Hall–Kier alpha value is -1.84. The highest BCUT2D eigenvalue weighted by Gasteiger charge is 2.43. The summed E-state index contributed by atoms with van der Waals surface area (Å²) in [4.78, 5) is 26.6. The van der Waals surface area contributed by atoms with E-state index in [1.165, 1.54) is 38.5 Å². The van der Waals surface area contributed by atoms with Crippen LogP contribution in [-0.2, 0) is 15.0 Å². The minimum absolute atomic E-state index is 0.221. The van der Waals surface area contributed by atoms with Gasteiger partial charge < -0.3 is 10.0 Å². The van der Waals surface area contributed by atoms with E-state index in [0.29, 0.717) is 38.3 Å². The number of hydrogen-bond acceptors (Lipinski definition) is 2. The van der Waals surface area contributed by atoms with Crippen molar-refractivity contribution in [2.75, 3.05) is 13.1 Å². The molecule has 1 aromatic carbocycles. The first-order valence-electron chi connectivity index (χ1n) is 9.68. The molecular formula is C21H29NO3. The first-order chi connectivity index (χ1) is 12.1. The van der Waals surface area contributed by atoms with Gasteiger partial charge in [-0.05, 0) is 37.2 Å². The van der Waals surface area contributed by atoms with E-state index in [-0.39, 0.29) is 5.91 Å². The number of hydrogen-bond donors (Lipinski definition) is 1. The van der Waals surface area contributed by atoms with Crippen LogP contribution in [0.5, 0.6) is 0 Å². The maximum Gasteiger partial charge on any atom is 0.314 e. The number of piperidine rings is 1. The second kappa shape index (κ2) is 8.03. The molecule has 1 N–H and O–H groups in total. The molecule has 0 bridgehead atoms. The van der Waals surface area contributed by atoms with E-state index in [2.05, 4.69) is 0 Å². The van der Waals surface area contributed by atoms with E-state index in [4.69, 9.17) is 0 Å². The summed E-state index contributed by atoms with van der Waals surface area (Å²) in [5.41, 5.74) is 0.0127. The van der Waals surface area contributed by atoms with Crippen LogP contribution in [0.2, 0.25) is 0 Å². The van der Waals surface area contributed by atoms with Crippen LogP contribution in [0.1, 0.15) is 63.4 Å². The van der Waals surface area contributed by atoms with E-state index in [9.17, 15) is 14.7 Å². The molecule has 2 fully saturated rings. The first kappa shape index (κ1) is 18.0. The van der Waals surface area contributed by atoms with Gasteiger partial charge in [-0.3, -0.25) is 9.59 Å². The topological polar surface area (TPSA) is 57.6 Å². The minimum Gasteiger partial charge on any atom is -0.481 e. The van der Waals surface area contributed by atoms with Crippen molar-refractivity contribution in [3.63, 3.8) is 0 Å². The molecule has 1 saturated heterocycles. The number of amides is 1. The third-order valence-electron chi connectivity index (χ3n) is 6.14. The highest BCUT2D eigenvalue weighted by molar-refractivity contribution is 5.82. The van der Waals surface area contributed by atoms with Crippen molar-refractivity contribution < 1.29 is 14.7 Å². The predicted molar refractivity (Wildman–Crippen MR) is 97.4 cm³/mol. The Morgan fingerprint density at radius 2 is 1.60 bits per heavy atom. The van der Waals surface area contributed by atoms with Gasteiger partial charge in [0, 0.05) is 19.5 Å². The van der Waals surface area contributed by atoms with Crippen LogP contribution < -0.4 is 0 Å². The van der Waals surface area contributed by atoms with Gasteiger partial charge >= 0.3 is 5.97 Å². The smallest absolute Gasteiger partial charge is 0.314 e. The van der Waals surface area contributed by atoms with E-state index in [1.54, 1.807) is 0 Å². The molecule has 1 saturated carbocycles. The summed E-state index contributed by atoms with van der Waals surface area (Å²) >= 11 is 0. The quantitative estimate of drug-likeness (QED) is 0.841. The number of likely N-dealkylation sites (tertiary alicyclic amines) is 1. The van der Waals surface area contributed by atoms with Crippen LogP contribution in [0.25, 0.3) is 0 Å². The Morgan fingerprint density at radius 3 is 2.16 bits per heavy atom. The molecular weight excluding hydrogens is 314 g/mol. The number of aliphatic carboxylic acids is 1. The summed E-state index contributed by atoms with van der Waals surface area (Å²) in [5.74, 6) is -0.0243. The first-order valence-corrected chi connectivity index (χ1v) is 9.68. The SMILES string of the molecule is O=C(CC1CCCCCC1)N1CCC(C(=O)O)(c2ccccc2)CC1. The van der Waals surface area contributed by atoms with Gasteiger partial charge in [0.05, 0.1) is 5.41 Å². The molecule has 1 aliphatic carbocycles. The zero-order valence-corrected chi connectivity index (χ0v) is 15.0. The Balaban J connectivity index is 1.61. The molecule has 4 heteroatoms. The molecule has 25 heavy (non-hydrogen) atoms. The van der Waals surface area contributed by atoms with Gasteiger partial charge in [0.2, 0.25) is 5.91 Å². The molecule has 4 nitrogen and oxygen atoms in total. The second-order valence-corrected chi connectivity index (χ2v) is 7.70. The van der Waals surface area contributed by atoms with Crippen LogP contribution in [0, 0.1) is 5.92 Å².